The van der Waals surface area contributed by atoms with Crippen LogP contribution in [0.3, 0.4) is 0 Å². The van der Waals surface area contributed by atoms with Gasteiger partial charge in [-0.05, 0) is 30.4 Å². The lowest BCUT2D eigenvalue weighted by atomic mass is 10.3. The molecule has 0 fully saturated rings. The molecular formula is C22H17N5O. The maximum absolute atomic E-state index is 5.62. The van der Waals surface area contributed by atoms with Gasteiger partial charge < -0.3 is 10.1 Å². The van der Waals surface area contributed by atoms with Gasteiger partial charge in [0, 0.05) is 35.5 Å². The van der Waals surface area contributed by atoms with Gasteiger partial charge in [0.05, 0.1) is 11.6 Å². The fraction of sp³-hybridized carbons (Fsp3) is 0. The molecule has 0 saturated carbocycles. The third kappa shape index (κ3) is 4.56. The first kappa shape index (κ1) is 17.4. The smallest absolute Gasteiger partial charge is 0.158 e. The van der Waals surface area contributed by atoms with Gasteiger partial charge in [-0.3, -0.25) is 4.99 Å². The van der Waals surface area contributed by atoms with E-state index in [0.29, 0.717) is 17.4 Å². The Morgan fingerprint density at radius 1 is 0.857 bits per heavy atom. The number of allylic oxidation sites excluding steroid dienone is 3. The van der Waals surface area contributed by atoms with Gasteiger partial charge in [0.15, 0.2) is 5.82 Å². The average molecular weight is 367 g/mol. The number of benzene rings is 2. The van der Waals surface area contributed by atoms with Gasteiger partial charge in [-0.15, -0.1) is 0 Å². The van der Waals surface area contributed by atoms with Gasteiger partial charge in [0.1, 0.15) is 17.9 Å². The lowest BCUT2D eigenvalue weighted by molar-refractivity contribution is 0.481. The molecule has 4 rings (SSSR count). The second-order valence-corrected chi connectivity index (χ2v) is 5.84. The number of hydrogen-bond donors (Lipinski definition) is 1. The molecular weight excluding hydrogens is 350 g/mol. The topological polar surface area (TPSA) is 71.8 Å². The molecule has 0 aliphatic carbocycles. The summed E-state index contributed by atoms with van der Waals surface area (Å²) in [5.41, 5.74) is 0.855. The molecule has 2 aromatic carbocycles. The van der Waals surface area contributed by atoms with E-state index in [1.165, 1.54) is 6.33 Å². The molecule has 4 bridgehead atoms. The van der Waals surface area contributed by atoms with Gasteiger partial charge in [0.2, 0.25) is 0 Å². The highest BCUT2D eigenvalue weighted by Gasteiger charge is 2.01. The minimum Gasteiger partial charge on any atom is -0.465 e. The summed E-state index contributed by atoms with van der Waals surface area (Å²) in [6, 6.07) is 17.2. The van der Waals surface area contributed by atoms with Crippen molar-refractivity contribution in [1.29, 1.82) is 0 Å². The van der Waals surface area contributed by atoms with Crippen LogP contribution in [0.1, 0.15) is 0 Å². The summed E-state index contributed by atoms with van der Waals surface area (Å²) in [4.78, 5) is 17.5. The largest absolute Gasteiger partial charge is 0.465 e. The van der Waals surface area contributed by atoms with Gasteiger partial charge in [-0.1, -0.05) is 30.3 Å². The summed E-state index contributed by atoms with van der Waals surface area (Å²) in [5, 5.41) is 4.93. The van der Waals surface area contributed by atoms with Crippen molar-refractivity contribution in [2.75, 3.05) is 5.32 Å². The SMILES string of the molecule is C1=CC=NC=c2ccccc2=Nc2cc(ncn2)Nc2cccc(c2)OC=C1. The molecule has 0 saturated heterocycles. The van der Waals surface area contributed by atoms with Gasteiger partial charge in [-0.25, -0.2) is 15.0 Å². The summed E-state index contributed by atoms with van der Waals surface area (Å²) < 4.78 is 5.62. The van der Waals surface area contributed by atoms with E-state index >= 15 is 0 Å². The molecule has 2 heterocycles. The van der Waals surface area contributed by atoms with Crippen molar-refractivity contribution in [3.63, 3.8) is 0 Å². The predicted octanol–water partition coefficient (Wildman–Crippen LogP) is 3.44. The van der Waals surface area contributed by atoms with Crippen molar-refractivity contribution in [2.24, 2.45) is 9.98 Å². The number of hydrogen-bond acceptors (Lipinski definition) is 6. The molecule has 6 nitrogen and oxygen atoms in total. The molecule has 28 heavy (non-hydrogen) atoms. The Kier molecular flexibility index (Phi) is 5.30. The van der Waals surface area contributed by atoms with E-state index < -0.39 is 0 Å². The first-order valence-electron chi connectivity index (χ1n) is 8.72. The second kappa shape index (κ2) is 8.55. The molecule has 0 radical (unpaired) electrons. The number of nitrogens with zero attached hydrogens (tertiary/aromatic N) is 4. The molecule has 136 valence electrons. The average Bonchev–Trinajstić information content (AvgIpc) is 2.71. The number of fused-ring (bicyclic) bond motifs is 5. The molecule has 0 amide bonds. The fourth-order valence-corrected chi connectivity index (χ4v) is 2.54. The van der Waals surface area contributed by atoms with Crippen molar-refractivity contribution in [2.45, 2.75) is 0 Å². The molecule has 6 heteroatoms. The van der Waals surface area contributed by atoms with Crippen LogP contribution in [0.5, 0.6) is 5.75 Å². The van der Waals surface area contributed by atoms with Crippen LogP contribution in [0.25, 0.3) is 6.20 Å². The van der Waals surface area contributed by atoms with Crippen LogP contribution >= 0.6 is 0 Å². The maximum Gasteiger partial charge on any atom is 0.158 e. The van der Waals surface area contributed by atoms with E-state index in [1.807, 2.05) is 60.7 Å². The molecule has 1 aliphatic rings. The van der Waals surface area contributed by atoms with Crippen molar-refractivity contribution >= 4 is 29.7 Å². The Labute approximate surface area is 162 Å². The van der Waals surface area contributed by atoms with Crippen molar-refractivity contribution in [3.05, 3.63) is 96.0 Å². The van der Waals surface area contributed by atoms with Crippen molar-refractivity contribution < 1.29 is 4.74 Å². The van der Waals surface area contributed by atoms with Gasteiger partial charge in [0.25, 0.3) is 0 Å². The summed E-state index contributed by atoms with van der Waals surface area (Å²) in [6.45, 7) is 0. The maximum atomic E-state index is 5.62. The lowest BCUT2D eigenvalue weighted by Crippen LogP contribution is -2.23. The Hall–Kier alpha value is -4.06. The van der Waals surface area contributed by atoms with E-state index in [9.17, 15) is 0 Å². The monoisotopic (exact) mass is 367 g/mol. The highest BCUT2D eigenvalue weighted by Crippen LogP contribution is 2.22. The van der Waals surface area contributed by atoms with Crippen LogP contribution in [0.15, 0.2) is 95.4 Å². The minimum absolute atomic E-state index is 0.554. The zero-order valence-electron chi connectivity index (χ0n) is 14.9. The third-order valence-electron chi connectivity index (χ3n) is 3.82. The first-order chi connectivity index (χ1) is 13.9. The van der Waals surface area contributed by atoms with E-state index in [2.05, 4.69) is 25.3 Å². The Morgan fingerprint density at radius 2 is 1.82 bits per heavy atom. The third-order valence-corrected chi connectivity index (χ3v) is 3.82. The molecule has 0 atom stereocenters. The molecule has 0 spiro atoms. The highest BCUT2D eigenvalue weighted by atomic mass is 16.5. The molecule has 1 aliphatic heterocycles. The number of rotatable bonds is 0. The number of nitrogens with one attached hydrogen (secondary N) is 1. The molecule has 0 unspecified atom stereocenters. The Morgan fingerprint density at radius 3 is 2.82 bits per heavy atom. The molecule has 1 N–H and O–H groups in total. The Balaban J connectivity index is 1.81. The Bertz CT molecular complexity index is 1180. The summed E-state index contributed by atoms with van der Waals surface area (Å²) in [5.74, 6) is 1.91. The number of aromatic nitrogens is 2. The van der Waals surface area contributed by atoms with Gasteiger partial charge in [-0.2, -0.15) is 0 Å². The standard InChI is InChI=1S/C22H17N5O/c1-4-11-23-15-17-7-2-3-10-20(17)27-22-14-21(24-16-25-22)26-18-8-6-9-19(13-18)28-12-5-1/h1-16H,(H,24,25,26). The second-order valence-electron chi connectivity index (χ2n) is 5.84. The van der Waals surface area contributed by atoms with Gasteiger partial charge >= 0.3 is 0 Å². The highest BCUT2D eigenvalue weighted by molar-refractivity contribution is 5.73. The number of para-hydroxylation sites is 1. The first-order valence-corrected chi connectivity index (χ1v) is 8.72. The zero-order valence-corrected chi connectivity index (χ0v) is 14.9. The normalized spacial score (nSPS) is 13.0. The molecule has 3 aromatic rings. The van der Waals surface area contributed by atoms with Crippen LogP contribution in [0, 0.1) is 0 Å². The van der Waals surface area contributed by atoms with Crippen LogP contribution < -0.4 is 20.6 Å². The lowest BCUT2D eigenvalue weighted by Gasteiger charge is -2.07. The predicted molar refractivity (Wildman–Crippen MR) is 111 cm³/mol. The summed E-state index contributed by atoms with van der Waals surface area (Å²) in [7, 11) is 0. The fourth-order valence-electron chi connectivity index (χ4n) is 2.54. The summed E-state index contributed by atoms with van der Waals surface area (Å²) >= 11 is 0. The van der Waals surface area contributed by atoms with Crippen LogP contribution in [-0.2, 0) is 0 Å². The molecule has 1 aromatic heterocycles. The number of aliphatic imine (C=N–C) groups is 1. The minimum atomic E-state index is 0.554. The van der Waals surface area contributed by atoms with Crippen LogP contribution in [0.2, 0.25) is 0 Å². The number of anilines is 2. The van der Waals surface area contributed by atoms with E-state index in [1.54, 1.807) is 30.8 Å². The summed E-state index contributed by atoms with van der Waals surface area (Å²) in [6.07, 6.45) is 12.0. The zero-order chi connectivity index (χ0) is 19.0. The van der Waals surface area contributed by atoms with Crippen molar-refractivity contribution in [3.8, 4) is 5.75 Å². The van der Waals surface area contributed by atoms with Crippen LogP contribution in [0.4, 0.5) is 17.3 Å². The van der Waals surface area contributed by atoms with E-state index in [-0.39, 0.29) is 0 Å². The quantitative estimate of drug-likeness (QED) is 0.661. The van der Waals surface area contributed by atoms with E-state index in [0.717, 1.165) is 16.3 Å². The van der Waals surface area contributed by atoms with Crippen LogP contribution in [-0.4, -0.2) is 16.2 Å². The number of ether oxygens (including phenoxy) is 1. The van der Waals surface area contributed by atoms with Crippen molar-refractivity contribution in [1.82, 2.24) is 9.97 Å². The van der Waals surface area contributed by atoms with E-state index in [4.69, 9.17) is 4.74 Å².